The van der Waals surface area contributed by atoms with E-state index in [1.807, 2.05) is 18.5 Å². The number of halogens is 1. The van der Waals surface area contributed by atoms with Gasteiger partial charge in [0.25, 0.3) is 0 Å². The van der Waals surface area contributed by atoms with Crippen molar-refractivity contribution in [3.63, 3.8) is 0 Å². The summed E-state index contributed by atoms with van der Waals surface area (Å²) in [7, 11) is 0. The minimum atomic E-state index is 0.350. The fourth-order valence-electron chi connectivity index (χ4n) is 3.20. The molecule has 0 radical (unpaired) electrons. The van der Waals surface area contributed by atoms with Gasteiger partial charge in [-0.3, -0.25) is 0 Å². The van der Waals surface area contributed by atoms with Crippen molar-refractivity contribution in [3.8, 4) is 0 Å². The monoisotopic (exact) mass is 306 g/mol. The van der Waals surface area contributed by atoms with Gasteiger partial charge in [-0.25, -0.2) is 15.0 Å². The summed E-state index contributed by atoms with van der Waals surface area (Å²) in [5.41, 5.74) is 1.24. The maximum absolute atomic E-state index is 6.21. The average Bonchev–Trinajstić information content (AvgIpc) is 3.09. The van der Waals surface area contributed by atoms with Crippen molar-refractivity contribution in [3.05, 3.63) is 17.4 Å². The molecule has 104 valence electrons. The van der Waals surface area contributed by atoms with Crippen LogP contribution in [0.3, 0.4) is 0 Å². The standard InChI is InChI=1S/C14H15ClN4S/c1-20-13-16-8-9-10(17-13)7-11(15)18-12(9)19-6-2-3-14(19)4-5-14/h7-8H,2-6H2,1H3. The third-order valence-electron chi connectivity index (χ3n) is 4.37. The highest BCUT2D eigenvalue weighted by Crippen LogP contribution is 2.51. The molecule has 20 heavy (non-hydrogen) atoms. The fourth-order valence-corrected chi connectivity index (χ4v) is 3.74. The van der Waals surface area contributed by atoms with Gasteiger partial charge in [0.2, 0.25) is 0 Å². The Bertz CT molecular complexity index is 686. The molecule has 2 fully saturated rings. The Kier molecular flexibility index (Phi) is 2.82. The summed E-state index contributed by atoms with van der Waals surface area (Å²) in [6.07, 6.45) is 8.91. The van der Waals surface area contributed by atoms with Gasteiger partial charge in [-0.2, -0.15) is 0 Å². The highest BCUT2D eigenvalue weighted by atomic mass is 35.5. The fraction of sp³-hybridized carbons (Fsp3) is 0.500. The third-order valence-corrected chi connectivity index (χ3v) is 5.12. The Morgan fingerprint density at radius 2 is 2.15 bits per heavy atom. The Morgan fingerprint density at radius 1 is 1.30 bits per heavy atom. The zero-order valence-corrected chi connectivity index (χ0v) is 12.8. The van der Waals surface area contributed by atoms with E-state index in [1.165, 1.54) is 25.7 Å². The number of hydrogen-bond acceptors (Lipinski definition) is 5. The maximum Gasteiger partial charge on any atom is 0.187 e. The van der Waals surface area contributed by atoms with E-state index in [2.05, 4.69) is 19.9 Å². The third kappa shape index (κ3) is 1.87. The summed E-state index contributed by atoms with van der Waals surface area (Å²) in [5.74, 6) is 0.968. The first-order valence-corrected chi connectivity index (χ1v) is 8.47. The van der Waals surface area contributed by atoms with Crippen LogP contribution in [0.4, 0.5) is 5.82 Å². The van der Waals surface area contributed by atoms with E-state index in [-0.39, 0.29) is 0 Å². The van der Waals surface area contributed by atoms with E-state index in [1.54, 1.807) is 11.8 Å². The zero-order chi connectivity index (χ0) is 13.7. The Hall–Kier alpha value is -1.07. The van der Waals surface area contributed by atoms with Gasteiger partial charge in [0.1, 0.15) is 11.0 Å². The van der Waals surface area contributed by atoms with Gasteiger partial charge in [0.05, 0.1) is 10.9 Å². The molecular formula is C14H15ClN4S. The Balaban J connectivity index is 1.90. The number of thioether (sulfide) groups is 1. The smallest absolute Gasteiger partial charge is 0.187 e. The van der Waals surface area contributed by atoms with Crippen molar-refractivity contribution in [2.75, 3.05) is 17.7 Å². The molecule has 0 bridgehead atoms. The predicted molar refractivity (Wildman–Crippen MR) is 82.7 cm³/mol. The molecule has 0 unspecified atom stereocenters. The molecule has 1 saturated carbocycles. The van der Waals surface area contributed by atoms with Crippen molar-refractivity contribution >= 4 is 40.1 Å². The van der Waals surface area contributed by atoms with Gasteiger partial charge in [-0.05, 0) is 31.9 Å². The van der Waals surface area contributed by atoms with Crippen molar-refractivity contribution < 1.29 is 0 Å². The summed E-state index contributed by atoms with van der Waals surface area (Å²) in [6.45, 7) is 1.06. The molecule has 3 heterocycles. The van der Waals surface area contributed by atoms with E-state index in [0.717, 1.165) is 28.4 Å². The Morgan fingerprint density at radius 3 is 2.90 bits per heavy atom. The van der Waals surface area contributed by atoms with Gasteiger partial charge in [-0.15, -0.1) is 0 Å². The lowest BCUT2D eigenvalue weighted by Gasteiger charge is -2.26. The lowest BCUT2D eigenvalue weighted by molar-refractivity contribution is 0.666. The summed E-state index contributed by atoms with van der Waals surface area (Å²) in [5, 5.41) is 2.30. The summed E-state index contributed by atoms with van der Waals surface area (Å²) >= 11 is 7.75. The van der Waals surface area contributed by atoms with Crippen LogP contribution in [0.15, 0.2) is 17.4 Å². The minimum absolute atomic E-state index is 0.350. The molecule has 1 saturated heterocycles. The maximum atomic E-state index is 6.21. The molecule has 2 aromatic rings. The van der Waals surface area contributed by atoms with E-state index in [4.69, 9.17) is 11.6 Å². The molecular weight excluding hydrogens is 292 g/mol. The molecule has 4 nitrogen and oxygen atoms in total. The van der Waals surface area contributed by atoms with Gasteiger partial charge in [0, 0.05) is 24.3 Å². The van der Waals surface area contributed by atoms with Crippen LogP contribution < -0.4 is 4.90 Å². The van der Waals surface area contributed by atoms with Crippen LogP contribution >= 0.6 is 23.4 Å². The predicted octanol–water partition coefficient (Wildman–Crippen LogP) is 3.53. The second-order valence-electron chi connectivity index (χ2n) is 5.54. The van der Waals surface area contributed by atoms with Crippen molar-refractivity contribution in [2.24, 2.45) is 0 Å². The van der Waals surface area contributed by atoms with E-state index < -0.39 is 0 Å². The molecule has 4 rings (SSSR count). The van der Waals surface area contributed by atoms with Crippen molar-refractivity contribution in [1.29, 1.82) is 0 Å². The van der Waals surface area contributed by atoms with Crippen LogP contribution in [0.5, 0.6) is 0 Å². The van der Waals surface area contributed by atoms with E-state index >= 15 is 0 Å². The summed E-state index contributed by atoms with van der Waals surface area (Å²) in [6, 6.07) is 1.83. The summed E-state index contributed by atoms with van der Waals surface area (Å²) < 4.78 is 0. The molecule has 2 aromatic heterocycles. The molecule has 1 spiro atoms. The largest absolute Gasteiger partial charge is 0.350 e. The van der Waals surface area contributed by atoms with Gasteiger partial charge in [0.15, 0.2) is 5.16 Å². The number of hydrogen-bond donors (Lipinski definition) is 0. The molecule has 0 atom stereocenters. The van der Waals surface area contributed by atoms with E-state index in [0.29, 0.717) is 10.7 Å². The lowest BCUT2D eigenvalue weighted by Crippen LogP contribution is -2.31. The molecule has 6 heteroatoms. The first-order chi connectivity index (χ1) is 9.72. The van der Waals surface area contributed by atoms with Gasteiger partial charge in [-0.1, -0.05) is 23.4 Å². The van der Waals surface area contributed by atoms with Crippen LogP contribution in [-0.2, 0) is 0 Å². The number of aromatic nitrogens is 3. The topological polar surface area (TPSA) is 41.9 Å². The number of fused-ring (bicyclic) bond motifs is 1. The minimum Gasteiger partial charge on any atom is -0.350 e. The van der Waals surface area contributed by atoms with Gasteiger partial charge < -0.3 is 4.90 Å². The van der Waals surface area contributed by atoms with E-state index in [9.17, 15) is 0 Å². The molecule has 2 aliphatic rings. The van der Waals surface area contributed by atoms with Crippen LogP contribution in [0.25, 0.3) is 10.9 Å². The number of pyridine rings is 1. The molecule has 1 aliphatic carbocycles. The Labute approximate surface area is 127 Å². The molecule has 0 amide bonds. The molecule has 0 N–H and O–H groups in total. The van der Waals surface area contributed by atoms with Crippen molar-refractivity contribution in [1.82, 2.24) is 15.0 Å². The number of nitrogens with zero attached hydrogens (tertiary/aromatic N) is 4. The van der Waals surface area contributed by atoms with Crippen LogP contribution in [-0.4, -0.2) is 33.3 Å². The zero-order valence-electron chi connectivity index (χ0n) is 11.3. The van der Waals surface area contributed by atoms with Crippen LogP contribution in [0.1, 0.15) is 25.7 Å². The molecule has 0 aromatic carbocycles. The first-order valence-electron chi connectivity index (χ1n) is 6.87. The van der Waals surface area contributed by atoms with Crippen LogP contribution in [0, 0.1) is 0 Å². The lowest BCUT2D eigenvalue weighted by atomic mass is 10.2. The highest BCUT2D eigenvalue weighted by molar-refractivity contribution is 7.98. The van der Waals surface area contributed by atoms with Gasteiger partial charge >= 0.3 is 0 Å². The highest BCUT2D eigenvalue weighted by Gasteiger charge is 2.51. The second kappa shape index (κ2) is 4.46. The van der Waals surface area contributed by atoms with Crippen molar-refractivity contribution in [2.45, 2.75) is 36.4 Å². The summed E-state index contributed by atoms with van der Waals surface area (Å²) in [4.78, 5) is 16.0. The van der Waals surface area contributed by atoms with Crippen LogP contribution in [0.2, 0.25) is 5.15 Å². The quantitative estimate of drug-likeness (QED) is 0.482. The normalized spacial score (nSPS) is 20.0. The first kappa shape index (κ1) is 12.7. The molecule has 1 aliphatic heterocycles. The average molecular weight is 307 g/mol. The second-order valence-corrected chi connectivity index (χ2v) is 6.70. The number of anilines is 1. The number of rotatable bonds is 2. The SMILES string of the molecule is CSc1ncc2c(N3CCCC34CC4)nc(Cl)cc2n1.